The molecular weight excluding hydrogens is 575 g/mol. The van der Waals surface area contributed by atoms with Crippen LogP contribution in [0.1, 0.15) is 28.4 Å². The van der Waals surface area contributed by atoms with Crippen LogP contribution in [0, 0.1) is 0 Å². The molecule has 6 nitrogen and oxygen atoms in total. The molecule has 0 bridgehead atoms. The lowest BCUT2D eigenvalue weighted by molar-refractivity contribution is -0.123. The molecule has 0 aliphatic carbocycles. The lowest BCUT2D eigenvalue weighted by Gasteiger charge is -2.15. The van der Waals surface area contributed by atoms with Crippen molar-refractivity contribution in [1.82, 2.24) is 10.4 Å². The van der Waals surface area contributed by atoms with Crippen molar-refractivity contribution in [1.29, 1.82) is 0 Å². The van der Waals surface area contributed by atoms with Crippen LogP contribution in [0.25, 0.3) is 6.08 Å². The molecule has 1 saturated heterocycles. The molecule has 0 spiro atoms. The van der Waals surface area contributed by atoms with Gasteiger partial charge in [-0.3, -0.25) is 15.0 Å². The minimum atomic E-state index is -0.479. The molecular formula is C26H19Cl3N2O4S2. The van der Waals surface area contributed by atoms with E-state index < -0.39 is 11.8 Å². The van der Waals surface area contributed by atoms with Gasteiger partial charge < -0.3 is 9.47 Å². The Morgan fingerprint density at radius 1 is 1.03 bits per heavy atom. The fraction of sp³-hybridized carbons (Fsp3) is 0.115. The molecule has 1 N–H and O–H groups in total. The number of carbonyl (C=O) groups excluding carboxylic acids is 2. The van der Waals surface area contributed by atoms with E-state index in [2.05, 4.69) is 5.43 Å². The van der Waals surface area contributed by atoms with E-state index in [9.17, 15) is 9.59 Å². The van der Waals surface area contributed by atoms with Gasteiger partial charge in [0.2, 0.25) is 0 Å². The van der Waals surface area contributed by atoms with Crippen molar-refractivity contribution in [2.24, 2.45) is 0 Å². The molecule has 3 aromatic rings. The van der Waals surface area contributed by atoms with Crippen molar-refractivity contribution in [3.8, 4) is 11.5 Å². The van der Waals surface area contributed by atoms with Gasteiger partial charge in [-0.05, 0) is 79.3 Å². The monoisotopic (exact) mass is 592 g/mol. The number of ether oxygens (including phenoxy) is 2. The van der Waals surface area contributed by atoms with Crippen LogP contribution in [0.15, 0.2) is 65.6 Å². The van der Waals surface area contributed by atoms with Crippen LogP contribution in [0.3, 0.4) is 0 Å². The van der Waals surface area contributed by atoms with Crippen molar-refractivity contribution in [3.05, 3.63) is 97.3 Å². The second-order valence-corrected chi connectivity index (χ2v) is 10.5. The lowest BCUT2D eigenvalue weighted by atomic mass is 10.1. The summed E-state index contributed by atoms with van der Waals surface area (Å²) in [6.45, 7) is 2.42. The number of halogens is 3. The van der Waals surface area contributed by atoms with Gasteiger partial charge in [0.25, 0.3) is 11.8 Å². The van der Waals surface area contributed by atoms with Crippen molar-refractivity contribution in [3.63, 3.8) is 0 Å². The maximum absolute atomic E-state index is 13.0. The van der Waals surface area contributed by atoms with Crippen LogP contribution in [-0.2, 0) is 11.4 Å². The number of thioether (sulfide) groups is 1. The van der Waals surface area contributed by atoms with E-state index in [1.54, 1.807) is 66.7 Å². The van der Waals surface area contributed by atoms with Gasteiger partial charge in [-0.25, -0.2) is 0 Å². The molecule has 11 heteroatoms. The molecule has 0 saturated carbocycles. The summed E-state index contributed by atoms with van der Waals surface area (Å²) in [6.07, 6.45) is 1.67. The minimum absolute atomic E-state index is 0.157. The molecule has 1 aliphatic rings. The molecule has 1 fully saturated rings. The molecule has 1 heterocycles. The molecule has 0 unspecified atom stereocenters. The first-order valence-corrected chi connectivity index (χ1v) is 13.3. The number of carbonyl (C=O) groups is 2. The highest BCUT2D eigenvalue weighted by atomic mass is 35.5. The highest BCUT2D eigenvalue weighted by Gasteiger charge is 2.33. The van der Waals surface area contributed by atoms with Crippen LogP contribution in [0.2, 0.25) is 15.1 Å². The maximum Gasteiger partial charge on any atom is 0.285 e. The smallest absolute Gasteiger partial charge is 0.285 e. The molecule has 37 heavy (non-hydrogen) atoms. The van der Waals surface area contributed by atoms with Crippen molar-refractivity contribution >= 4 is 81.0 Å². The van der Waals surface area contributed by atoms with E-state index in [4.69, 9.17) is 56.5 Å². The topological polar surface area (TPSA) is 67.9 Å². The third kappa shape index (κ3) is 6.58. The van der Waals surface area contributed by atoms with Crippen LogP contribution in [0.4, 0.5) is 0 Å². The quantitative estimate of drug-likeness (QED) is 0.221. The van der Waals surface area contributed by atoms with Crippen molar-refractivity contribution in [2.75, 3.05) is 6.61 Å². The number of nitrogens with zero attached hydrogens (tertiary/aromatic N) is 1. The zero-order chi connectivity index (χ0) is 26.5. The summed E-state index contributed by atoms with van der Waals surface area (Å²) in [5.74, 6) is 0.0700. The van der Waals surface area contributed by atoms with E-state index in [0.29, 0.717) is 54.8 Å². The number of thiocarbonyl (C=S) groups is 1. The summed E-state index contributed by atoms with van der Waals surface area (Å²) in [4.78, 5) is 25.9. The number of rotatable bonds is 8. The lowest BCUT2D eigenvalue weighted by Crippen LogP contribution is -2.44. The molecule has 0 aromatic heterocycles. The van der Waals surface area contributed by atoms with Gasteiger partial charge in [-0.15, -0.1) is 0 Å². The first kappa shape index (κ1) is 27.3. The van der Waals surface area contributed by atoms with E-state index in [0.717, 1.165) is 16.8 Å². The van der Waals surface area contributed by atoms with Gasteiger partial charge in [0.15, 0.2) is 15.8 Å². The van der Waals surface area contributed by atoms with Crippen LogP contribution >= 0.6 is 58.8 Å². The van der Waals surface area contributed by atoms with Crippen LogP contribution < -0.4 is 14.9 Å². The summed E-state index contributed by atoms with van der Waals surface area (Å²) in [6, 6.07) is 16.8. The van der Waals surface area contributed by atoms with E-state index in [1.165, 1.54) is 0 Å². The van der Waals surface area contributed by atoms with Gasteiger partial charge in [0, 0.05) is 26.2 Å². The third-order valence-corrected chi connectivity index (χ3v) is 7.37. The Morgan fingerprint density at radius 2 is 1.73 bits per heavy atom. The minimum Gasteiger partial charge on any atom is -0.490 e. The fourth-order valence-corrected chi connectivity index (χ4v) is 5.12. The number of benzene rings is 3. The molecule has 190 valence electrons. The molecule has 3 aromatic carbocycles. The third-order valence-electron chi connectivity index (χ3n) is 5.11. The predicted molar refractivity (Wildman–Crippen MR) is 152 cm³/mol. The Hall–Kier alpha value is -2.75. The summed E-state index contributed by atoms with van der Waals surface area (Å²) in [5.41, 5.74) is 4.25. The van der Waals surface area contributed by atoms with Crippen molar-refractivity contribution < 1.29 is 19.1 Å². The molecule has 1 aliphatic heterocycles. The molecule has 2 amide bonds. The number of hydrogen-bond acceptors (Lipinski definition) is 6. The summed E-state index contributed by atoms with van der Waals surface area (Å²) in [5, 5.41) is 2.57. The maximum atomic E-state index is 13.0. The number of hydrazine groups is 1. The zero-order valence-electron chi connectivity index (χ0n) is 19.3. The second-order valence-electron chi connectivity index (χ2n) is 7.59. The fourth-order valence-electron chi connectivity index (χ4n) is 3.30. The molecule has 0 radical (unpaired) electrons. The summed E-state index contributed by atoms with van der Waals surface area (Å²) in [7, 11) is 0. The predicted octanol–water partition coefficient (Wildman–Crippen LogP) is 7.17. The Bertz CT molecular complexity index is 1380. The summed E-state index contributed by atoms with van der Waals surface area (Å²) >= 11 is 24.8. The van der Waals surface area contributed by atoms with E-state index >= 15 is 0 Å². The normalized spacial score (nSPS) is 14.3. The first-order chi connectivity index (χ1) is 17.8. The average Bonchev–Trinajstić information content (AvgIpc) is 3.12. The van der Waals surface area contributed by atoms with Gasteiger partial charge in [0.1, 0.15) is 6.61 Å². The Labute approximate surface area is 238 Å². The first-order valence-electron chi connectivity index (χ1n) is 10.9. The highest BCUT2D eigenvalue weighted by Crippen LogP contribution is 2.35. The Balaban J connectivity index is 1.50. The Morgan fingerprint density at radius 3 is 2.41 bits per heavy atom. The Kier molecular flexibility index (Phi) is 9.00. The number of hydrogen-bond donors (Lipinski definition) is 1. The van der Waals surface area contributed by atoms with Crippen LogP contribution in [0.5, 0.6) is 11.5 Å². The van der Waals surface area contributed by atoms with E-state index in [1.807, 2.05) is 6.92 Å². The second kappa shape index (κ2) is 12.2. The van der Waals surface area contributed by atoms with Crippen LogP contribution in [-0.4, -0.2) is 27.8 Å². The van der Waals surface area contributed by atoms with Gasteiger partial charge in [-0.2, -0.15) is 5.01 Å². The molecule has 0 atom stereocenters. The van der Waals surface area contributed by atoms with Crippen molar-refractivity contribution in [2.45, 2.75) is 13.5 Å². The molecule has 4 rings (SSSR count). The average molecular weight is 594 g/mol. The SMILES string of the molecule is CCOc1cc(/C=C2\SC(=S)N(NC(=O)c3ccc(Cl)cc3)C2=O)ccc1OCc1c(Cl)cccc1Cl. The van der Waals surface area contributed by atoms with Gasteiger partial charge >= 0.3 is 0 Å². The number of amides is 2. The van der Waals surface area contributed by atoms with Gasteiger partial charge in [0.05, 0.1) is 11.5 Å². The highest BCUT2D eigenvalue weighted by molar-refractivity contribution is 8.26. The summed E-state index contributed by atoms with van der Waals surface area (Å²) < 4.78 is 11.9. The van der Waals surface area contributed by atoms with E-state index in [-0.39, 0.29) is 10.9 Å². The largest absolute Gasteiger partial charge is 0.490 e. The zero-order valence-corrected chi connectivity index (χ0v) is 23.2. The number of nitrogens with one attached hydrogen (secondary N) is 1. The standard InChI is InChI=1S/C26H19Cl3N2O4S2/c1-2-34-22-12-15(6-11-21(22)35-14-18-19(28)4-3-5-20(18)29)13-23-25(33)31(26(36)37-23)30-24(32)16-7-9-17(27)10-8-16/h3-13H,2,14H2,1H3,(H,30,32)/b23-13-. The van der Waals surface area contributed by atoms with Gasteiger partial charge in [-0.1, -0.05) is 58.7 Å².